The molecule has 2 N–H and O–H groups in total. The lowest BCUT2D eigenvalue weighted by Crippen LogP contribution is -2.33. The fourth-order valence-corrected chi connectivity index (χ4v) is 3.83. The zero-order valence-electron chi connectivity index (χ0n) is 12.2. The first kappa shape index (κ1) is 15.6. The summed E-state index contributed by atoms with van der Waals surface area (Å²) in [5.41, 5.74) is 0.0510. The first-order chi connectivity index (χ1) is 9.59. The van der Waals surface area contributed by atoms with Gasteiger partial charge in [0.25, 0.3) is 0 Å². The van der Waals surface area contributed by atoms with Crippen LogP contribution in [-0.4, -0.2) is 22.9 Å². The zero-order valence-corrected chi connectivity index (χ0v) is 13.0. The largest absolute Gasteiger partial charge is 0.384 e. The molecule has 1 aromatic heterocycles. The molecule has 1 fully saturated rings. The van der Waals surface area contributed by atoms with Gasteiger partial charge >= 0.3 is 0 Å². The minimum Gasteiger partial charge on any atom is -0.384 e. The highest BCUT2D eigenvalue weighted by Crippen LogP contribution is 2.42. The van der Waals surface area contributed by atoms with Crippen LogP contribution in [0.3, 0.4) is 0 Å². The molecule has 0 aliphatic heterocycles. The van der Waals surface area contributed by atoms with E-state index in [2.05, 4.69) is 4.98 Å². The molecular weight excluding hydrogens is 272 g/mol. The highest BCUT2D eigenvalue weighted by Gasteiger charge is 2.37. The molecule has 1 aliphatic carbocycles. The fourth-order valence-electron chi connectivity index (χ4n) is 2.79. The number of thiazole rings is 1. The van der Waals surface area contributed by atoms with Crippen molar-refractivity contribution < 1.29 is 9.84 Å². The Kier molecular flexibility index (Phi) is 5.29. The predicted octanol–water partition coefficient (Wildman–Crippen LogP) is 3.30. The summed E-state index contributed by atoms with van der Waals surface area (Å²) in [6.07, 6.45) is 7.80. The van der Waals surface area contributed by atoms with Crippen LogP contribution in [0.1, 0.15) is 48.9 Å². The summed E-state index contributed by atoms with van der Waals surface area (Å²) < 4.78 is 5.07. The number of hydrogen-bond donors (Lipinski definition) is 2. The summed E-state index contributed by atoms with van der Waals surface area (Å²) in [5.74, 6) is 0.331. The third-order valence-corrected chi connectivity index (χ3v) is 5.17. The average Bonchev–Trinajstić information content (AvgIpc) is 2.90. The number of aromatic nitrogens is 1. The van der Waals surface area contributed by atoms with Crippen LogP contribution in [0.4, 0.5) is 0 Å². The number of aliphatic hydroxyl groups is 1. The molecular formula is C15H23N2O2S. The van der Waals surface area contributed by atoms with Gasteiger partial charge in [-0.05, 0) is 44.4 Å². The van der Waals surface area contributed by atoms with E-state index in [0.717, 1.165) is 47.7 Å². The van der Waals surface area contributed by atoms with Gasteiger partial charge < -0.3 is 15.3 Å². The molecule has 5 heteroatoms. The van der Waals surface area contributed by atoms with Crippen LogP contribution in [0.2, 0.25) is 0 Å². The maximum atomic E-state index is 10.8. The van der Waals surface area contributed by atoms with E-state index in [9.17, 15) is 5.11 Å². The van der Waals surface area contributed by atoms with Crippen molar-refractivity contribution in [3.8, 4) is 0 Å². The van der Waals surface area contributed by atoms with E-state index < -0.39 is 5.60 Å². The molecule has 1 aliphatic rings. The molecule has 0 saturated heterocycles. The van der Waals surface area contributed by atoms with Crippen LogP contribution in [0.15, 0.2) is 6.20 Å². The molecule has 0 aromatic carbocycles. The summed E-state index contributed by atoms with van der Waals surface area (Å²) in [6.45, 7) is 2.49. The lowest BCUT2D eigenvalue weighted by Gasteiger charge is -2.35. The normalized spacial score (nSPS) is 26.6. The van der Waals surface area contributed by atoms with E-state index in [-0.39, 0.29) is 0 Å². The molecule has 1 radical (unpaired) electrons. The Labute approximate surface area is 124 Å². The quantitative estimate of drug-likeness (QED) is 0.791. The van der Waals surface area contributed by atoms with Crippen LogP contribution in [0, 0.1) is 17.7 Å². The third-order valence-electron chi connectivity index (χ3n) is 4.01. The van der Waals surface area contributed by atoms with E-state index in [1.54, 1.807) is 13.3 Å². The molecule has 1 saturated carbocycles. The molecule has 0 unspecified atom stereocenters. The highest BCUT2D eigenvalue weighted by atomic mass is 32.1. The van der Waals surface area contributed by atoms with Gasteiger partial charge in [0.2, 0.25) is 0 Å². The number of rotatable bonds is 6. The van der Waals surface area contributed by atoms with Crippen LogP contribution in [0.25, 0.3) is 0 Å². The van der Waals surface area contributed by atoms with Crippen molar-refractivity contribution in [3.05, 3.63) is 22.5 Å². The minimum atomic E-state index is -0.754. The average molecular weight is 295 g/mol. The van der Waals surface area contributed by atoms with Gasteiger partial charge in [0.15, 0.2) is 0 Å². The Morgan fingerprint density at radius 1 is 1.60 bits per heavy atom. The van der Waals surface area contributed by atoms with E-state index in [1.807, 2.05) is 13.3 Å². The van der Waals surface area contributed by atoms with Crippen LogP contribution >= 0.6 is 11.3 Å². The number of ether oxygens (including phenoxy) is 1. The van der Waals surface area contributed by atoms with Crippen molar-refractivity contribution in [3.63, 3.8) is 0 Å². The van der Waals surface area contributed by atoms with Gasteiger partial charge in [-0.3, -0.25) is 0 Å². The molecule has 0 amide bonds. The fraction of sp³-hybridized carbons (Fsp3) is 0.667. The van der Waals surface area contributed by atoms with Crippen LogP contribution < -0.4 is 0 Å². The molecule has 111 valence electrons. The smallest absolute Gasteiger partial charge is 0.119 e. The topological polar surface area (TPSA) is 66.2 Å². The first-order valence-corrected chi connectivity index (χ1v) is 7.92. The lowest BCUT2D eigenvalue weighted by atomic mass is 9.76. The monoisotopic (exact) mass is 295 g/mol. The Hall–Kier alpha value is -0.780. The second-order valence-electron chi connectivity index (χ2n) is 5.49. The van der Waals surface area contributed by atoms with Gasteiger partial charge in [0, 0.05) is 19.0 Å². The Bertz CT molecular complexity index is 450. The van der Waals surface area contributed by atoms with Crippen molar-refractivity contribution >= 4 is 17.0 Å². The molecule has 20 heavy (non-hydrogen) atoms. The van der Waals surface area contributed by atoms with Gasteiger partial charge in [-0.2, -0.15) is 0 Å². The SMILES string of the molecule is C[CH]CC(=N)C1CCC(O)(c2cnc(COC)s2)CC1. The zero-order chi connectivity index (χ0) is 14.6. The summed E-state index contributed by atoms with van der Waals surface area (Å²) in [4.78, 5) is 5.24. The molecule has 0 bridgehead atoms. The highest BCUT2D eigenvalue weighted by molar-refractivity contribution is 7.11. The lowest BCUT2D eigenvalue weighted by molar-refractivity contribution is -0.00394. The van der Waals surface area contributed by atoms with Gasteiger partial charge in [-0.1, -0.05) is 6.92 Å². The molecule has 1 heterocycles. The Morgan fingerprint density at radius 2 is 2.30 bits per heavy atom. The van der Waals surface area contributed by atoms with E-state index in [1.165, 1.54) is 11.3 Å². The minimum absolute atomic E-state index is 0.331. The predicted molar refractivity (Wildman–Crippen MR) is 81.0 cm³/mol. The number of nitrogens with zero attached hydrogens (tertiary/aromatic N) is 1. The van der Waals surface area contributed by atoms with Gasteiger partial charge in [0.05, 0.1) is 11.5 Å². The third kappa shape index (κ3) is 3.45. The summed E-state index contributed by atoms with van der Waals surface area (Å²) in [5, 5.41) is 19.8. The molecule has 0 atom stereocenters. The van der Waals surface area contributed by atoms with Gasteiger partial charge in [-0.15, -0.1) is 11.3 Å². The molecule has 1 aromatic rings. The Balaban J connectivity index is 1.98. The van der Waals surface area contributed by atoms with Crippen molar-refractivity contribution in [2.24, 2.45) is 5.92 Å². The molecule has 0 spiro atoms. The number of hydrogen-bond acceptors (Lipinski definition) is 5. The standard InChI is InChI=1S/C15H23N2O2S/c1-3-4-12(16)11-5-7-15(18,8-6-11)13-9-17-14(20-13)10-19-2/h3,9,11,16,18H,4-8,10H2,1-2H3. The Morgan fingerprint density at radius 3 is 2.90 bits per heavy atom. The van der Waals surface area contributed by atoms with Gasteiger partial charge in [0.1, 0.15) is 10.6 Å². The maximum Gasteiger partial charge on any atom is 0.119 e. The summed E-state index contributed by atoms with van der Waals surface area (Å²) >= 11 is 1.54. The summed E-state index contributed by atoms with van der Waals surface area (Å²) in [7, 11) is 1.65. The number of nitrogens with one attached hydrogen (secondary N) is 1. The maximum absolute atomic E-state index is 10.8. The molecule has 4 nitrogen and oxygen atoms in total. The number of methoxy groups -OCH3 is 1. The summed E-state index contributed by atoms with van der Waals surface area (Å²) in [6, 6.07) is 0. The van der Waals surface area contributed by atoms with Crippen molar-refractivity contribution in [2.45, 2.75) is 51.2 Å². The van der Waals surface area contributed by atoms with Crippen LogP contribution in [0.5, 0.6) is 0 Å². The van der Waals surface area contributed by atoms with Crippen molar-refractivity contribution in [2.75, 3.05) is 7.11 Å². The van der Waals surface area contributed by atoms with Crippen LogP contribution in [-0.2, 0) is 16.9 Å². The van der Waals surface area contributed by atoms with E-state index in [0.29, 0.717) is 12.5 Å². The first-order valence-electron chi connectivity index (χ1n) is 7.10. The van der Waals surface area contributed by atoms with Crippen molar-refractivity contribution in [1.29, 1.82) is 5.41 Å². The second-order valence-corrected chi connectivity index (χ2v) is 6.61. The molecule has 2 rings (SSSR count). The second kappa shape index (κ2) is 6.78. The van der Waals surface area contributed by atoms with E-state index in [4.69, 9.17) is 10.1 Å². The van der Waals surface area contributed by atoms with Crippen molar-refractivity contribution in [1.82, 2.24) is 4.98 Å². The van der Waals surface area contributed by atoms with Gasteiger partial charge in [-0.25, -0.2) is 4.98 Å². The van der Waals surface area contributed by atoms with E-state index >= 15 is 0 Å².